The Labute approximate surface area is 106 Å². The standard InChI is InChI=1S/C14H14ClNO/c15-9-3-6-14(17)16-13-8-7-11-4-1-2-5-12(11)10-13/h1-2,4-5,7-8,10H,3,6,9H2,(H,16,17). The van der Waals surface area contributed by atoms with Crippen molar-refractivity contribution in [2.45, 2.75) is 12.8 Å². The highest BCUT2D eigenvalue weighted by molar-refractivity contribution is 6.18. The third kappa shape index (κ3) is 3.21. The number of alkyl halides is 1. The van der Waals surface area contributed by atoms with Gasteiger partial charge in [0, 0.05) is 18.0 Å². The highest BCUT2D eigenvalue weighted by Gasteiger charge is 2.02. The number of amides is 1. The topological polar surface area (TPSA) is 29.1 Å². The Morgan fingerprint density at radius 3 is 2.65 bits per heavy atom. The molecule has 17 heavy (non-hydrogen) atoms. The van der Waals surface area contributed by atoms with Gasteiger partial charge in [0.25, 0.3) is 0 Å². The second-order valence-electron chi connectivity index (χ2n) is 3.90. The largest absolute Gasteiger partial charge is 0.326 e. The molecule has 0 atom stereocenters. The van der Waals surface area contributed by atoms with Crippen molar-refractivity contribution in [3.8, 4) is 0 Å². The lowest BCUT2D eigenvalue weighted by atomic mass is 10.1. The van der Waals surface area contributed by atoms with Gasteiger partial charge in [0.2, 0.25) is 5.91 Å². The lowest BCUT2D eigenvalue weighted by Crippen LogP contribution is -2.11. The van der Waals surface area contributed by atoms with Crippen LogP contribution in [0.4, 0.5) is 5.69 Å². The lowest BCUT2D eigenvalue weighted by Gasteiger charge is -2.05. The van der Waals surface area contributed by atoms with Gasteiger partial charge in [0.15, 0.2) is 0 Å². The summed E-state index contributed by atoms with van der Waals surface area (Å²) in [6.45, 7) is 0. The molecule has 0 aliphatic heterocycles. The summed E-state index contributed by atoms with van der Waals surface area (Å²) < 4.78 is 0. The third-order valence-corrected chi connectivity index (χ3v) is 2.84. The number of nitrogens with one attached hydrogen (secondary N) is 1. The molecule has 0 saturated heterocycles. The summed E-state index contributed by atoms with van der Waals surface area (Å²) in [5.41, 5.74) is 0.836. The molecule has 2 rings (SSSR count). The number of hydrogen-bond acceptors (Lipinski definition) is 1. The molecule has 0 radical (unpaired) electrons. The summed E-state index contributed by atoms with van der Waals surface area (Å²) in [6.07, 6.45) is 1.18. The number of halogens is 1. The third-order valence-electron chi connectivity index (χ3n) is 2.57. The minimum Gasteiger partial charge on any atom is -0.326 e. The van der Waals surface area contributed by atoms with E-state index >= 15 is 0 Å². The minimum atomic E-state index is 0.0148. The van der Waals surface area contributed by atoms with Crippen LogP contribution in [0.1, 0.15) is 12.8 Å². The molecule has 0 unspecified atom stereocenters. The van der Waals surface area contributed by atoms with E-state index in [1.165, 1.54) is 5.39 Å². The van der Waals surface area contributed by atoms with Gasteiger partial charge >= 0.3 is 0 Å². The summed E-state index contributed by atoms with van der Waals surface area (Å²) >= 11 is 5.55. The van der Waals surface area contributed by atoms with Gasteiger partial charge in [0.05, 0.1) is 0 Å². The molecule has 0 bridgehead atoms. The van der Waals surface area contributed by atoms with Crippen LogP contribution in [0, 0.1) is 0 Å². The van der Waals surface area contributed by atoms with Crippen molar-refractivity contribution in [2.24, 2.45) is 0 Å². The molecule has 1 amide bonds. The number of hydrogen-bond donors (Lipinski definition) is 1. The molecule has 0 aliphatic carbocycles. The molecule has 0 heterocycles. The first-order chi connectivity index (χ1) is 8.29. The van der Waals surface area contributed by atoms with Gasteiger partial charge in [-0.1, -0.05) is 30.3 Å². The SMILES string of the molecule is O=C(CCCCl)Nc1ccc2ccccc2c1. The van der Waals surface area contributed by atoms with E-state index in [0.717, 1.165) is 11.1 Å². The zero-order valence-corrected chi connectivity index (χ0v) is 10.2. The molecule has 2 aromatic carbocycles. The maximum absolute atomic E-state index is 11.5. The smallest absolute Gasteiger partial charge is 0.224 e. The van der Waals surface area contributed by atoms with Gasteiger partial charge < -0.3 is 5.32 Å². The lowest BCUT2D eigenvalue weighted by molar-refractivity contribution is -0.116. The van der Waals surface area contributed by atoms with Crippen LogP contribution in [0.5, 0.6) is 0 Å². The molecule has 0 spiro atoms. The van der Waals surface area contributed by atoms with Gasteiger partial charge in [-0.3, -0.25) is 4.79 Å². The van der Waals surface area contributed by atoms with Gasteiger partial charge in [-0.05, 0) is 29.3 Å². The molecular weight excluding hydrogens is 234 g/mol. The first-order valence-electron chi connectivity index (χ1n) is 5.64. The van der Waals surface area contributed by atoms with Crippen LogP contribution >= 0.6 is 11.6 Å². The van der Waals surface area contributed by atoms with Crippen LogP contribution in [-0.2, 0) is 4.79 Å². The van der Waals surface area contributed by atoms with Crippen molar-refractivity contribution >= 4 is 34.0 Å². The highest BCUT2D eigenvalue weighted by Crippen LogP contribution is 2.18. The molecule has 3 heteroatoms. The van der Waals surface area contributed by atoms with E-state index in [2.05, 4.69) is 11.4 Å². The first kappa shape index (κ1) is 11.9. The second kappa shape index (κ2) is 5.69. The Morgan fingerprint density at radius 2 is 1.88 bits per heavy atom. The summed E-state index contributed by atoms with van der Waals surface area (Å²) in [5.74, 6) is 0.534. The molecular formula is C14H14ClNO. The van der Waals surface area contributed by atoms with Crippen LogP contribution in [0.15, 0.2) is 42.5 Å². The maximum atomic E-state index is 11.5. The molecule has 0 aliphatic rings. The Kier molecular flexibility index (Phi) is 3.99. The fourth-order valence-corrected chi connectivity index (χ4v) is 1.85. The number of benzene rings is 2. The highest BCUT2D eigenvalue weighted by atomic mass is 35.5. The Hall–Kier alpha value is -1.54. The Balaban J connectivity index is 2.11. The van der Waals surface area contributed by atoms with Crippen molar-refractivity contribution in [1.82, 2.24) is 0 Å². The van der Waals surface area contributed by atoms with Crippen molar-refractivity contribution < 1.29 is 4.79 Å². The van der Waals surface area contributed by atoms with E-state index < -0.39 is 0 Å². The average molecular weight is 248 g/mol. The molecule has 2 nitrogen and oxygen atoms in total. The predicted octanol–water partition coefficient (Wildman–Crippen LogP) is 3.80. The van der Waals surface area contributed by atoms with Crippen LogP contribution in [0.25, 0.3) is 10.8 Å². The Morgan fingerprint density at radius 1 is 1.12 bits per heavy atom. The van der Waals surface area contributed by atoms with E-state index in [1.54, 1.807) is 0 Å². The van der Waals surface area contributed by atoms with E-state index in [4.69, 9.17) is 11.6 Å². The van der Waals surface area contributed by atoms with Crippen molar-refractivity contribution in [3.63, 3.8) is 0 Å². The predicted molar refractivity (Wildman–Crippen MR) is 72.5 cm³/mol. The number of carbonyl (C=O) groups excluding carboxylic acids is 1. The number of carbonyl (C=O) groups is 1. The zero-order chi connectivity index (χ0) is 12.1. The molecule has 2 aromatic rings. The van der Waals surface area contributed by atoms with Gasteiger partial charge in [-0.25, -0.2) is 0 Å². The van der Waals surface area contributed by atoms with Crippen molar-refractivity contribution in [1.29, 1.82) is 0 Å². The van der Waals surface area contributed by atoms with Gasteiger partial charge in [0.1, 0.15) is 0 Å². The van der Waals surface area contributed by atoms with Crippen LogP contribution < -0.4 is 5.32 Å². The molecule has 0 fully saturated rings. The summed E-state index contributed by atoms with van der Waals surface area (Å²) in [4.78, 5) is 11.5. The fraction of sp³-hybridized carbons (Fsp3) is 0.214. The van der Waals surface area contributed by atoms with Crippen molar-refractivity contribution in [2.75, 3.05) is 11.2 Å². The van der Waals surface area contributed by atoms with Crippen LogP contribution in [-0.4, -0.2) is 11.8 Å². The second-order valence-corrected chi connectivity index (χ2v) is 4.28. The number of anilines is 1. The van der Waals surface area contributed by atoms with E-state index in [1.807, 2.05) is 36.4 Å². The summed E-state index contributed by atoms with van der Waals surface area (Å²) in [6, 6.07) is 14.0. The van der Waals surface area contributed by atoms with E-state index in [9.17, 15) is 4.79 Å². The molecule has 0 aromatic heterocycles. The number of fused-ring (bicyclic) bond motifs is 1. The number of rotatable bonds is 4. The normalized spacial score (nSPS) is 10.4. The van der Waals surface area contributed by atoms with E-state index in [0.29, 0.717) is 18.7 Å². The summed E-state index contributed by atoms with van der Waals surface area (Å²) in [7, 11) is 0. The monoisotopic (exact) mass is 247 g/mol. The van der Waals surface area contributed by atoms with Crippen LogP contribution in [0.3, 0.4) is 0 Å². The first-order valence-corrected chi connectivity index (χ1v) is 6.17. The Bertz CT molecular complexity index is 524. The van der Waals surface area contributed by atoms with Crippen LogP contribution in [0.2, 0.25) is 0 Å². The molecule has 0 saturated carbocycles. The average Bonchev–Trinajstić information content (AvgIpc) is 2.36. The maximum Gasteiger partial charge on any atom is 0.224 e. The van der Waals surface area contributed by atoms with Gasteiger partial charge in [-0.2, -0.15) is 0 Å². The minimum absolute atomic E-state index is 0.0148. The summed E-state index contributed by atoms with van der Waals surface area (Å²) in [5, 5.41) is 5.17. The quantitative estimate of drug-likeness (QED) is 0.819. The van der Waals surface area contributed by atoms with Gasteiger partial charge in [-0.15, -0.1) is 11.6 Å². The molecule has 88 valence electrons. The van der Waals surface area contributed by atoms with E-state index in [-0.39, 0.29) is 5.91 Å². The fourth-order valence-electron chi connectivity index (χ4n) is 1.72. The zero-order valence-electron chi connectivity index (χ0n) is 9.45. The molecule has 1 N–H and O–H groups in total. The van der Waals surface area contributed by atoms with Crippen molar-refractivity contribution in [3.05, 3.63) is 42.5 Å².